The van der Waals surface area contributed by atoms with Gasteiger partial charge in [-0.25, -0.2) is 9.79 Å². The smallest absolute Gasteiger partial charge is 0.477 e. The summed E-state index contributed by atoms with van der Waals surface area (Å²) in [6.07, 6.45) is -3.82. The molecule has 0 atom stereocenters. The maximum Gasteiger partial charge on any atom is 0.573 e. The lowest BCUT2D eigenvalue weighted by Gasteiger charge is -2.10. The summed E-state index contributed by atoms with van der Waals surface area (Å²) in [4.78, 5) is 18.3. The predicted octanol–water partition coefficient (Wildman–Crippen LogP) is 2.67. The lowest BCUT2D eigenvalue weighted by atomic mass is 10.2. The molecule has 0 aliphatic carbocycles. The monoisotopic (exact) mass is 300 g/mol. The van der Waals surface area contributed by atoms with Gasteiger partial charge in [-0.05, 0) is 18.2 Å². The van der Waals surface area contributed by atoms with E-state index in [0.29, 0.717) is 0 Å². The van der Waals surface area contributed by atoms with Crippen LogP contribution in [0.4, 0.5) is 13.2 Å². The summed E-state index contributed by atoms with van der Waals surface area (Å²) in [6, 6.07) is 4.91. The molecule has 5 nitrogen and oxygen atoms in total. The standard InChI is InChI=1S/C13H11F3N2O3/c1-3-10(12(19)20)18-11(17-2)8-5-4-6-9(7-8)21-13(14,15)16/h3-7H,1H2,2H3,(H,19,20). The third-order valence-electron chi connectivity index (χ3n) is 2.18. The van der Waals surface area contributed by atoms with Gasteiger partial charge in [0.15, 0.2) is 5.84 Å². The third-order valence-corrected chi connectivity index (χ3v) is 2.18. The third kappa shape index (κ3) is 5.09. The Hall–Kier alpha value is -2.64. The summed E-state index contributed by atoms with van der Waals surface area (Å²) < 4.78 is 40.2. The molecule has 1 rings (SSSR count). The topological polar surface area (TPSA) is 71.2 Å². The fraction of sp³-hybridized carbons (Fsp3) is 0.154. The number of benzene rings is 1. The molecule has 0 aliphatic heterocycles. The summed E-state index contributed by atoms with van der Waals surface area (Å²) >= 11 is 0. The Morgan fingerprint density at radius 2 is 2.10 bits per heavy atom. The molecule has 21 heavy (non-hydrogen) atoms. The first-order valence-electron chi connectivity index (χ1n) is 5.54. The van der Waals surface area contributed by atoms with Crippen LogP contribution in [0.5, 0.6) is 5.75 Å². The van der Waals surface area contributed by atoms with Gasteiger partial charge in [0.2, 0.25) is 0 Å². The Morgan fingerprint density at radius 3 is 2.57 bits per heavy atom. The number of rotatable bonds is 4. The molecule has 112 valence electrons. The van der Waals surface area contributed by atoms with E-state index >= 15 is 0 Å². The Kier molecular flexibility index (Phi) is 5.23. The fourth-order valence-electron chi connectivity index (χ4n) is 1.37. The Balaban J connectivity index is 3.16. The minimum atomic E-state index is -4.82. The molecule has 0 spiro atoms. The summed E-state index contributed by atoms with van der Waals surface area (Å²) in [5.41, 5.74) is -0.197. The van der Waals surface area contributed by atoms with Gasteiger partial charge >= 0.3 is 12.3 Å². The number of carbonyl (C=O) groups is 1. The summed E-state index contributed by atoms with van der Waals surface area (Å²) in [5.74, 6) is -1.83. The highest BCUT2D eigenvalue weighted by molar-refractivity contribution is 6.42. The molecule has 0 saturated heterocycles. The van der Waals surface area contributed by atoms with E-state index in [0.717, 1.165) is 18.2 Å². The fourth-order valence-corrected chi connectivity index (χ4v) is 1.37. The van der Waals surface area contributed by atoms with Crippen molar-refractivity contribution in [1.82, 2.24) is 0 Å². The van der Waals surface area contributed by atoms with Crippen LogP contribution in [-0.4, -0.2) is 36.0 Å². The Bertz CT molecular complexity index is 607. The number of ether oxygens (including phenoxy) is 1. The van der Waals surface area contributed by atoms with Crippen molar-refractivity contribution in [2.45, 2.75) is 6.36 Å². The number of aliphatic carboxylic acids is 1. The van der Waals surface area contributed by atoms with Crippen LogP contribution in [-0.2, 0) is 4.79 Å². The molecular formula is C13H11F3N2O3. The molecule has 0 fully saturated rings. The van der Waals surface area contributed by atoms with Gasteiger partial charge < -0.3 is 9.84 Å². The highest BCUT2D eigenvalue weighted by atomic mass is 19.4. The number of hydrogen-bond donors (Lipinski definition) is 1. The zero-order valence-electron chi connectivity index (χ0n) is 10.9. The molecule has 0 heterocycles. The van der Waals surface area contributed by atoms with Gasteiger partial charge in [-0.15, -0.1) is 13.2 Å². The zero-order chi connectivity index (χ0) is 16.0. The average Bonchev–Trinajstić information content (AvgIpc) is 2.38. The van der Waals surface area contributed by atoms with Crippen LogP contribution < -0.4 is 4.74 Å². The number of alkyl halides is 3. The van der Waals surface area contributed by atoms with Crippen molar-refractivity contribution in [3.63, 3.8) is 0 Å². The van der Waals surface area contributed by atoms with Gasteiger partial charge in [0.1, 0.15) is 11.5 Å². The van der Waals surface area contributed by atoms with Gasteiger partial charge in [-0.3, -0.25) is 4.99 Å². The van der Waals surface area contributed by atoms with E-state index in [1.54, 1.807) is 0 Å². The van der Waals surface area contributed by atoms with Gasteiger partial charge in [-0.2, -0.15) is 0 Å². The van der Waals surface area contributed by atoms with Crippen molar-refractivity contribution in [1.29, 1.82) is 0 Å². The molecule has 0 saturated carbocycles. The highest BCUT2D eigenvalue weighted by Crippen LogP contribution is 2.23. The molecule has 0 bridgehead atoms. The largest absolute Gasteiger partial charge is 0.573 e. The van der Waals surface area contributed by atoms with Crippen molar-refractivity contribution in [2.75, 3.05) is 7.05 Å². The van der Waals surface area contributed by atoms with Crippen LogP contribution in [0.1, 0.15) is 5.56 Å². The highest BCUT2D eigenvalue weighted by Gasteiger charge is 2.31. The van der Waals surface area contributed by atoms with Crippen LogP contribution in [0.3, 0.4) is 0 Å². The number of nitrogens with zero attached hydrogens (tertiary/aromatic N) is 2. The normalized spacial score (nSPS) is 13.0. The van der Waals surface area contributed by atoms with E-state index < -0.39 is 18.1 Å². The molecule has 8 heteroatoms. The van der Waals surface area contributed by atoms with Crippen molar-refractivity contribution >= 4 is 17.5 Å². The van der Waals surface area contributed by atoms with Gasteiger partial charge in [0.05, 0.1) is 0 Å². The predicted molar refractivity (Wildman–Crippen MR) is 70.9 cm³/mol. The second kappa shape index (κ2) is 6.69. The zero-order valence-corrected chi connectivity index (χ0v) is 10.9. The Morgan fingerprint density at radius 1 is 1.43 bits per heavy atom. The van der Waals surface area contributed by atoms with Gasteiger partial charge in [-0.1, -0.05) is 18.7 Å². The number of carboxylic acids is 1. The summed E-state index contributed by atoms with van der Waals surface area (Å²) in [5, 5.41) is 8.84. The van der Waals surface area contributed by atoms with Crippen LogP contribution in [0, 0.1) is 0 Å². The molecule has 1 N–H and O–H groups in total. The molecule has 0 aliphatic rings. The molecule has 0 aromatic heterocycles. The van der Waals surface area contributed by atoms with E-state index in [2.05, 4.69) is 21.3 Å². The molecular weight excluding hydrogens is 289 g/mol. The van der Waals surface area contributed by atoms with Crippen molar-refractivity contribution in [3.05, 3.63) is 42.5 Å². The quantitative estimate of drug-likeness (QED) is 0.686. The van der Waals surface area contributed by atoms with Crippen molar-refractivity contribution in [2.24, 2.45) is 9.98 Å². The van der Waals surface area contributed by atoms with Crippen LogP contribution in [0.2, 0.25) is 0 Å². The average molecular weight is 300 g/mol. The van der Waals surface area contributed by atoms with Crippen molar-refractivity contribution in [3.8, 4) is 5.75 Å². The lowest BCUT2D eigenvalue weighted by molar-refractivity contribution is -0.274. The summed E-state index contributed by atoms with van der Waals surface area (Å²) in [7, 11) is 1.33. The van der Waals surface area contributed by atoms with Crippen molar-refractivity contribution < 1.29 is 27.8 Å². The lowest BCUT2D eigenvalue weighted by Crippen LogP contribution is -2.17. The Labute approximate surface area is 118 Å². The first kappa shape index (κ1) is 16.4. The molecule has 1 aromatic carbocycles. The van der Waals surface area contributed by atoms with Crippen LogP contribution in [0.25, 0.3) is 0 Å². The number of carboxylic acid groups (broad SMARTS) is 1. The first-order chi connectivity index (χ1) is 9.76. The molecule has 0 amide bonds. The summed E-state index contributed by atoms with van der Waals surface area (Å²) in [6.45, 7) is 3.29. The maximum atomic E-state index is 12.2. The van der Waals surface area contributed by atoms with Gasteiger partial charge in [0, 0.05) is 12.6 Å². The molecule has 0 unspecified atom stereocenters. The number of halogens is 3. The number of hydrogen-bond acceptors (Lipinski definition) is 3. The SMILES string of the molecule is C=CC(=NC(=NC)c1cccc(OC(F)(F)F)c1)C(=O)O. The van der Waals surface area contributed by atoms with Crippen LogP contribution in [0.15, 0.2) is 46.9 Å². The maximum absolute atomic E-state index is 12.2. The second-order valence-corrected chi connectivity index (χ2v) is 3.63. The van der Waals surface area contributed by atoms with E-state index in [-0.39, 0.29) is 17.1 Å². The number of amidine groups is 1. The minimum absolute atomic E-state index is 0.0556. The van der Waals surface area contributed by atoms with Crippen LogP contribution >= 0.6 is 0 Å². The van der Waals surface area contributed by atoms with E-state index in [1.807, 2.05) is 0 Å². The van der Waals surface area contributed by atoms with Gasteiger partial charge in [0.25, 0.3) is 0 Å². The number of aliphatic imine (C=N–C) groups is 2. The first-order valence-corrected chi connectivity index (χ1v) is 5.54. The van der Waals surface area contributed by atoms with E-state index in [9.17, 15) is 18.0 Å². The minimum Gasteiger partial charge on any atom is -0.477 e. The molecule has 0 radical (unpaired) electrons. The molecule has 1 aromatic rings. The van der Waals surface area contributed by atoms with E-state index in [1.165, 1.54) is 19.2 Å². The van der Waals surface area contributed by atoms with E-state index in [4.69, 9.17) is 5.11 Å². The second-order valence-electron chi connectivity index (χ2n) is 3.63.